The fourth-order valence-corrected chi connectivity index (χ4v) is 7.54. The second-order valence-electron chi connectivity index (χ2n) is 9.41. The van der Waals surface area contributed by atoms with E-state index in [9.17, 15) is 18.0 Å². The van der Waals surface area contributed by atoms with Crippen molar-refractivity contribution in [2.24, 2.45) is 17.3 Å². The Labute approximate surface area is 170 Å². The Morgan fingerprint density at radius 3 is 2.79 bits per heavy atom. The molecule has 3 aliphatic carbocycles. The van der Waals surface area contributed by atoms with Gasteiger partial charge in [0.05, 0.1) is 17.1 Å². The van der Waals surface area contributed by atoms with Gasteiger partial charge in [0.15, 0.2) is 15.6 Å². The van der Waals surface area contributed by atoms with Gasteiger partial charge in [0.25, 0.3) is 5.91 Å². The van der Waals surface area contributed by atoms with Crippen molar-refractivity contribution in [3.05, 3.63) is 29.8 Å². The molecule has 2 aliphatic heterocycles. The van der Waals surface area contributed by atoms with Gasteiger partial charge in [-0.3, -0.25) is 9.59 Å². The van der Waals surface area contributed by atoms with Crippen LogP contribution in [0.1, 0.15) is 49.4 Å². The highest BCUT2D eigenvalue weighted by atomic mass is 32.2. The number of hydrogen-bond acceptors (Lipinski definition) is 5. The molecule has 156 valence electrons. The Morgan fingerprint density at radius 2 is 2.07 bits per heavy atom. The molecule has 3 saturated carbocycles. The lowest BCUT2D eigenvalue weighted by atomic mass is 9.52. The molecule has 5 unspecified atom stereocenters. The second-order valence-corrected chi connectivity index (χ2v) is 11.6. The van der Waals surface area contributed by atoms with Gasteiger partial charge in [-0.05, 0) is 43.2 Å². The van der Waals surface area contributed by atoms with E-state index in [-0.39, 0.29) is 46.6 Å². The average Bonchev–Trinajstić information content (AvgIpc) is 2.99. The van der Waals surface area contributed by atoms with Gasteiger partial charge in [-0.1, -0.05) is 19.1 Å². The molecule has 6 rings (SSSR count). The minimum atomic E-state index is -3.04. The molecule has 7 nitrogen and oxygen atoms in total. The minimum absolute atomic E-state index is 0.0332. The molecule has 1 spiro atoms. The number of carbonyl (C=O) groups excluding carboxylic acids is 2. The minimum Gasteiger partial charge on any atom is -0.467 e. The molecule has 2 amide bonds. The van der Waals surface area contributed by atoms with E-state index in [1.54, 1.807) is 6.07 Å². The molecule has 2 bridgehead atoms. The topological polar surface area (TPSA) is 102 Å². The van der Waals surface area contributed by atoms with Gasteiger partial charge in [0.2, 0.25) is 5.91 Å². The van der Waals surface area contributed by atoms with E-state index < -0.39 is 15.6 Å². The van der Waals surface area contributed by atoms with Gasteiger partial charge in [-0.25, -0.2) is 8.42 Å². The summed E-state index contributed by atoms with van der Waals surface area (Å²) in [5.74, 6) is 0.440. The summed E-state index contributed by atoms with van der Waals surface area (Å²) in [4.78, 5) is 25.8. The molecule has 5 aliphatic rings. The summed E-state index contributed by atoms with van der Waals surface area (Å²) in [5.41, 5.74) is -0.539. The highest BCUT2D eigenvalue weighted by Gasteiger charge is 2.62. The number of ether oxygens (including phenoxy) is 1. The van der Waals surface area contributed by atoms with Crippen LogP contribution in [0.25, 0.3) is 0 Å². The molecule has 5 atom stereocenters. The van der Waals surface area contributed by atoms with Gasteiger partial charge >= 0.3 is 0 Å². The van der Waals surface area contributed by atoms with Gasteiger partial charge in [0, 0.05) is 24.3 Å². The highest BCUT2D eigenvalue weighted by molar-refractivity contribution is 7.91. The number of nitrogens with one attached hydrogen (secondary N) is 2. The zero-order chi connectivity index (χ0) is 20.4. The van der Waals surface area contributed by atoms with Crippen molar-refractivity contribution in [2.75, 3.05) is 11.5 Å². The number of amides is 2. The van der Waals surface area contributed by atoms with Gasteiger partial charge in [0.1, 0.15) is 5.75 Å². The highest BCUT2D eigenvalue weighted by Crippen LogP contribution is 2.58. The van der Waals surface area contributed by atoms with Crippen molar-refractivity contribution in [2.45, 2.75) is 50.8 Å². The first-order chi connectivity index (χ1) is 13.7. The van der Waals surface area contributed by atoms with E-state index in [1.165, 1.54) is 0 Å². The van der Waals surface area contributed by atoms with E-state index in [0.29, 0.717) is 30.6 Å². The molecule has 4 fully saturated rings. The summed E-state index contributed by atoms with van der Waals surface area (Å²) in [5, 5.41) is 6.10. The van der Waals surface area contributed by atoms with Crippen LogP contribution in [0, 0.1) is 17.3 Å². The molecule has 2 N–H and O–H groups in total. The van der Waals surface area contributed by atoms with Gasteiger partial charge in [-0.2, -0.15) is 0 Å². The van der Waals surface area contributed by atoms with Crippen LogP contribution >= 0.6 is 0 Å². The van der Waals surface area contributed by atoms with Crippen molar-refractivity contribution < 1.29 is 22.7 Å². The fourth-order valence-electron chi connectivity index (χ4n) is 5.87. The van der Waals surface area contributed by atoms with Crippen molar-refractivity contribution in [1.82, 2.24) is 10.6 Å². The van der Waals surface area contributed by atoms with Crippen molar-refractivity contribution in [1.29, 1.82) is 0 Å². The van der Waals surface area contributed by atoms with Crippen LogP contribution in [0.2, 0.25) is 0 Å². The molecule has 2 heterocycles. The maximum atomic E-state index is 13.1. The Kier molecular flexibility index (Phi) is 4.04. The normalized spacial score (nSPS) is 39.5. The molecular weight excluding hydrogens is 392 g/mol. The number of carbonyl (C=O) groups is 2. The van der Waals surface area contributed by atoms with Crippen molar-refractivity contribution in [3.8, 4) is 5.75 Å². The van der Waals surface area contributed by atoms with E-state index >= 15 is 0 Å². The third-order valence-electron chi connectivity index (χ3n) is 7.40. The van der Waals surface area contributed by atoms with Crippen LogP contribution in [0.4, 0.5) is 0 Å². The molecule has 0 aromatic heterocycles. The van der Waals surface area contributed by atoms with Crippen molar-refractivity contribution >= 4 is 21.7 Å². The monoisotopic (exact) mass is 418 g/mol. The summed E-state index contributed by atoms with van der Waals surface area (Å²) in [6.07, 6.45) is 3.47. The standard InChI is InChI=1S/C21H26N2O5S/c1-20-8-6-13(10-16(20)19(25)22-14-7-9-29(26,27)11-14)21(12-20)23-18(24)15-4-2-3-5-17(15)28-21/h2-5,13-14,16H,6-12H2,1H3,(H,22,25)(H,23,24). The van der Waals surface area contributed by atoms with Gasteiger partial charge < -0.3 is 15.4 Å². The Bertz CT molecular complexity index is 993. The van der Waals surface area contributed by atoms with E-state index in [4.69, 9.17) is 4.74 Å². The quantitative estimate of drug-likeness (QED) is 0.760. The van der Waals surface area contributed by atoms with Crippen LogP contribution in [0.15, 0.2) is 24.3 Å². The molecule has 0 radical (unpaired) electrons. The number of fused-ring (bicyclic) bond motifs is 3. The van der Waals surface area contributed by atoms with Crippen LogP contribution in [0.3, 0.4) is 0 Å². The fraction of sp³-hybridized carbons (Fsp3) is 0.619. The predicted octanol–water partition coefficient (Wildman–Crippen LogP) is 1.63. The first kappa shape index (κ1) is 18.9. The number of sulfone groups is 1. The summed E-state index contributed by atoms with van der Waals surface area (Å²) in [6.45, 7) is 2.09. The van der Waals surface area contributed by atoms with Crippen LogP contribution in [-0.4, -0.2) is 43.5 Å². The van der Waals surface area contributed by atoms with E-state index in [0.717, 1.165) is 12.8 Å². The average molecular weight is 419 g/mol. The van der Waals surface area contributed by atoms with E-state index in [2.05, 4.69) is 17.6 Å². The number of benzene rings is 1. The zero-order valence-corrected chi connectivity index (χ0v) is 17.3. The van der Waals surface area contributed by atoms with Crippen LogP contribution in [-0.2, 0) is 14.6 Å². The summed E-state index contributed by atoms with van der Waals surface area (Å²) in [7, 11) is -3.04. The molecule has 1 saturated heterocycles. The van der Waals surface area contributed by atoms with Gasteiger partial charge in [-0.15, -0.1) is 0 Å². The zero-order valence-electron chi connectivity index (χ0n) is 16.4. The summed E-state index contributed by atoms with van der Waals surface area (Å²) in [6, 6.07) is 6.97. The lowest BCUT2D eigenvalue weighted by Crippen LogP contribution is -2.69. The lowest BCUT2D eigenvalue weighted by molar-refractivity contribution is -0.167. The Balaban J connectivity index is 1.37. The lowest BCUT2D eigenvalue weighted by Gasteiger charge is -2.59. The number of rotatable bonds is 2. The largest absolute Gasteiger partial charge is 0.467 e. The van der Waals surface area contributed by atoms with Crippen LogP contribution < -0.4 is 15.4 Å². The summed E-state index contributed by atoms with van der Waals surface area (Å²) >= 11 is 0. The first-order valence-corrected chi connectivity index (χ1v) is 12.1. The third-order valence-corrected chi connectivity index (χ3v) is 9.16. The Morgan fingerprint density at radius 1 is 1.28 bits per heavy atom. The maximum absolute atomic E-state index is 13.1. The molecule has 1 aromatic rings. The SMILES string of the molecule is CC12CCC(CC1C(=O)NC1CCS(=O)(=O)C1)C1(C2)NC(=O)c2ccccc2O1. The van der Waals surface area contributed by atoms with Crippen molar-refractivity contribution in [3.63, 3.8) is 0 Å². The van der Waals surface area contributed by atoms with Crippen LogP contribution in [0.5, 0.6) is 5.75 Å². The smallest absolute Gasteiger partial charge is 0.258 e. The number of para-hydroxylation sites is 1. The molecule has 8 heteroatoms. The molecule has 1 aromatic carbocycles. The third kappa shape index (κ3) is 3.03. The van der Waals surface area contributed by atoms with E-state index in [1.807, 2.05) is 18.2 Å². The first-order valence-electron chi connectivity index (χ1n) is 10.3. The number of hydrogen-bond donors (Lipinski definition) is 2. The summed E-state index contributed by atoms with van der Waals surface area (Å²) < 4.78 is 29.8. The Hall–Kier alpha value is -2.09. The predicted molar refractivity (Wildman–Crippen MR) is 106 cm³/mol. The second kappa shape index (κ2) is 6.20. The molecular formula is C21H26N2O5S. The maximum Gasteiger partial charge on any atom is 0.258 e. The molecule has 29 heavy (non-hydrogen) atoms.